The van der Waals surface area contributed by atoms with Gasteiger partial charge in [0.25, 0.3) is 0 Å². The predicted octanol–water partition coefficient (Wildman–Crippen LogP) is 0.435. The fourth-order valence-electron chi connectivity index (χ4n) is 2.95. The first-order valence-electron chi connectivity index (χ1n) is 7.37. The number of likely N-dealkylation sites (tertiary alicyclic amines) is 1. The molecule has 110 valence electrons. The quantitative estimate of drug-likeness (QED) is 0.837. The zero-order valence-electron chi connectivity index (χ0n) is 12.2. The number of hydrogen-bond acceptors (Lipinski definition) is 4. The van der Waals surface area contributed by atoms with Crippen molar-refractivity contribution >= 4 is 11.6 Å². The number of nitrogens with two attached hydrogens (primary N) is 1. The molecule has 2 aliphatic rings. The van der Waals surface area contributed by atoms with Crippen molar-refractivity contribution in [3.05, 3.63) is 11.4 Å². The van der Waals surface area contributed by atoms with Crippen LogP contribution in [-0.2, 0) is 11.3 Å². The molecule has 1 aliphatic carbocycles. The number of carbonyl (C=O) groups is 1. The molecule has 20 heavy (non-hydrogen) atoms. The Kier molecular flexibility index (Phi) is 3.41. The fourth-order valence-corrected chi connectivity index (χ4v) is 2.95. The summed E-state index contributed by atoms with van der Waals surface area (Å²) in [6.45, 7) is 6.12. The summed E-state index contributed by atoms with van der Waals surface area (Å²) in [5, 5.41) is 7.41. The van der Waals surface area contributed by atoms with Gasteiger partial charge < -0.3 is 11.1 Å². The van der Waals surface area contributed by atoms with E-state index >= 15 is 0 Å². The molecule has 2 heterocycles. The Bertz CT molecular complexity index is 520. The molecular weight excluding hydrogens is 254 g/mol. The number of carbonyl (C=O) groups excluding carboxylic acids is 1. The van der Waals surface area contributed by atoms with Crippen molar-refractivity contribution in [1.82, 2.24) is 20.0 Å². The van der Waals surface area contributed by atoms with E-state index in [0.29, 0.717) is 5.69 Å². The minimum absolute atomic E-state index is 0.0262. The van der Waals surface area contributed by atoms with Crippen LogP contribution in [0.2, 0.25) is 0 Å². The molecule has 0 spiro atoms. The van der Waals surface area contributed by atoms with Crippen LogP contribution in [0.5, 0.6) is 0 Å². The summed E-state index contributed by atoms with van der Waals surface area (Å²) in [4.78, 5) is 14.6. The van der Waals surface area contributed by atoms with Gasteiger partial charge in [-0.2, -0.15) is 5.10 Å². The van der Waals surface area contributed by atoms with Gasteiger partial charge in [-0.3, -0.25) is 14.4 Å². The molecule has 0 radical (unpaired) electrons. The van der Waals surface area contributed by atoms with Crippen molar-refractivity contribution in [2.24, 2.45) is 0 Å². The molecule has 1 aliphatic heterocycles. The van der Waals surface area contributed by atoms with Crippen LogP contribution < -0.4 is 11.1 Å². The largest absolute Gasteiger partial charge is 0.396 e. The van der Waals surface area contributed by atoms with E-state index in [0.717, 1.165) is 36.9 Å². The number of nitrogens with one attached hydrogen (secondary N) is 1. The zero-order valence-corrected chi connectivity index (χ0v) is 12.2. The van der Waals surface area contributed by atoms with Gasteiger partial charge in [-0.25, -0.2) is 0 Å². The van der Waals surface area contributed by atoms with E-state index < -0.39 is 0 Å². The molecule has 6 nitrogen and oxygen atoms in total. The second kappa shape index (κ2) is 5.09. The number of aryl methyl sites for hydroxylation is 1. The topological polar surface area (TPSA) is 76.2 Å². The van der Waals surface area contributed by atoms with Crippen LogP contribution in [0, 0.1) is 13.8 Å². The Morgan fingerprint density at radius 2 is 2.15 bits per heavy atom. The van der Waals surface area contributed by atoms with Gasteiger partial charge >= 0.3 is 0 Å². The van der Waals surface area contributed by atoms with Gasteiger partial charge in [-0.15, -0.1) is 0 Å². The summed E-state index contributed by atoms with van der Waals surface area (Å²) in [6, 6.07) is 1.07. The summed E-state index contributed by atoms with van der Waals surface area (Å²) in [7, 11) is 0. The lowest BCUT2D eigenvalue weighted by Gasteiger charge is -2.16. The molecule has 1 unspecified atom stereocenters. The summed E-state index contributed by atoms with van der Waals surface area (Å²) < 4.78 is 1.69. The lowest BCUT2D eigenvalue weighted by molar-refractivity contribution is -0.122. The number of anilines is 1. The van der Waals surface area contributed by atoms with E-state index in [9.17, 15) is 4.79 Å². The van der Waals surface area contributed by atoms with Gasteiger partial charge in [0.05, 0.1) is 17.1 Å². The molecule has 2 fully saturated rings. The lowest BCUT2D eigenvalue weighted by Crippen LogP contribution is -2.39. The third-order valence-corrected chi connectivity index (χ3v) is 4.38. The van der Waals surface area contributed by atoms with Crippen molar-refractivity contribution in [3.8, 4) is 0 Å². The summed E-state index contributed by atoms with van der Waals surface area (Å²) in [6.07, 6.45) is 3.71. The average molecular weight is 277 g/mol. The molecule has 1 aromatic rings. The summed E-state index contributed by atoms with van der Waals surface area (Å²) >= 11 is 0. The van der Waals surface area contributed by atoms with Gasteiger partial charge in [-0.1, -0.05) is 0 Å². The Labute approximate surface area is 119 Å². The van der Waals surface area contributed by atoms with Crippen LogP contribution in [0.15, 0.2) is 0 Å². The van der Waals surface area contributed by atoms with Gasteiger partial charge in [0.15, 0.2) is 0 Å². The van der Waals surface area contributed by atoms with Crippen LogP contribution in [0.1, 0.15) is 30.7 Å². The maximum Gasteiger partial charge on any atom is 0.242 e. The highest BCUT2D eigenvalue weighted by Crippen LogP contribution is 2.29. The van der Waals surface area contributed by atoms with E-state index in [1.54, 1.807) is 4.68 Å². The second-order valence-corrected chi connectivity index (χ2v) is 6.02. The molecule has 0 aromatic carbocycles. The van der Waals surface area contributed by atoms with Gasteiger partial charge in [0.1, 0.15) is 6.54 Å². The van der Waals surface area contributed by atoms with Crippen molar-refractivity contribution in [2.45, 2.75) is 51.7 Å². The highest BCUT2D eigenvalue weighted by molar-refractivity contribution is 5.76. The number of nitrogens with zero attached hydrogens (tertiary/aromatic N) is 3. The Balaban J connectivity index is 1.53. The number of nitrogen functional groups attached to an aromatic ring is 1. The molecule has 1 aromatic heterocycles. The van der Waals surface area contributed by atoms with Gasteiger partial charge in [0, 0.05) is 25.2 Å². The molecule has 1 saturated heterocycles. The van der Waals surface area contributed by atoms with Crippen molar-refractivity contribution in [3.63, 3.8) is 0 Å². The van der Waals surface area contributed by atoms with Crippen molar-refractivity contribution in [2.75, 3.05) is 18.8 Å². The zero-order chi connectivity index (χ0) is 14.3. The molecular formula is C14H23N5O. The number of hydrogen-bond donors (Lipinski definition) is 2. The Hall–Kier alpha value is -1.56. The SMILES string of the molecule is Cc1nn(CC(=O)NC2CCN(C3CC3)C2)c(C)c1N. The van der Waals surface area contributed by atoms with E-state index in [-0.39, 0.29) is 18.5 Å². The first kappa shape index (κ1) is 13.4. The van der Waals surface area contributed by atoms with Gasteiger partial charge in [0.2, 0.25) is 5.91 Å². The second-order valence-electron chi connectivity index (χ2n) is 6.02. The fraction of sp³-hybridized carbons (Fsp3) is 0.714. The third kappa shape index (κ3) is 2.65. The number of aromatic nitrogens is 2. The first-order chi connectivity index (χ1) is 9.54. The smallest absolute Gasteiger partial charge is 0.242 e. The monoisotopic (exact) mass is 277 g/mol. The standard InChI is InChI=1S/C14H23N5O/c1-9-14(15)10(2)19(17-9)8-13(20)16-11-5-6-18(7-11)12-3-4-12/h11-12H,3-8,15H2,1-2H3,(H,16,20). The van der Waals surface area contributed by atoms with E-state index in [4.69, 9.17) is 5.73 Å². The highest BCUT2D eigenvalue weighted by atomic mass is 16.2. The normalized spacial score (nSPS) is 23.2. The molecule has 1 amide bonds. The molecule has 1 atom stereocenters. The number of amides is 1. The highest BCUT2D eigenvalue weighted by Gasteiger charge is 2.34. The van der Waals surface area contributed by atoms with Crippen LogP contribution in [0.3, 0.4) is 0 Å². The summed E-state index contributed by atoms with van der Waals surface area (Å²) in [5.41, 5.74) is 8.21. The molecule has 1 saturated carbocycles. The molecule has 3 N–H and O–H groups in total. The minimum Gasteiger partial charge on any atom is -0.396 e. The summed E-state index contributed by atoms with van der Waals surface area (Å²) in [5.74, 6) is 0.0262. The molecule has 3 rings (SSSR count). The molecule has 0 bridgehead atoms. The predicted molar refractivity (Wildman–Crippen MR) is 77.3 cm³/mol. The Morgan fingerprint density at radius 3 is 2.75 bits per heavy atom. The first-order valence-corrected chi connectivity index (χ1v) is 7.37. The van der Waals surface area contributed by atoms with E-state index in [1.807, 2.05) is 13.8 Å². The van der Waals surface area contributed by atoms with Crippen LogP contribution >= 0.6 is 0 Å². The van der Waals surface area contributed by atoms with Crippen molar-refractivity contribution < 1.29 is 4.79 Å². The van der Waals surface area contributed by atoms with E-state index in [2.05, 4.69) is 15.3 Å². The lowest BCUT2D eigenvalue weighted by atomic mass is 10.2. The maximum atomic E-state index is 12.1. The van der Waals surface area contributed by atoms with Gasteiger partial charge in [-0.05, 0) is 33.1 Å². The van der Waals surface area contributed by atoms with E-state index in [1.165, 1.54) is 12.8 Å². The third-order valence-electron chi connectivity index (χ3n) is 4.38. The van der Waals surface area contributed by atoms with Crippen LogP contribution in [0.25, 0.3) is 0 Å². The minimum atomic E-state index is 0.0262. The van der Waals surface area contributed by atoms with Crippen LogP contribution in [0.4, 0.5) is 5.69 Å². The van der Waals surface area contributed by atoms with Crippen molar-refractivity contribution in [1.29, 1.82) is 0 Å². The average Bonchev–Trinajstić information content (AvgIpc) is 3.12. The van der Waals surface area contributed by atoms with Crippen LogP contribution in [-0.4, -0.2) is 45.8 Å². The maximum absolute atomic E-state index is 12.1. The molecule has 6 heteroatoms. The Morgan fingerprint density at radius 1 is 1.40 bits per heavy atom. The number of rotatable bonds is 4.